The molecule has 6 heteroatoms. The molecule has 1 aromatic carbocycles. The Hall–Kier alpha value is -1.18. The third kappa shape index (κ3) is 5.42. The van der Waals surface area contributed by atoms with E-state index in [1.807, 2.05) is 13.2 Å². The van der Waals surface area contributed by atoms with Gasteiger partial charge < -0.3 is 24.2 Å². The summed E-state index contributed by atoms with van der Waals surface area (Å²) in [5, 5.41) is -0.258. The average molecular weight is 393 g/mol. The molecule has 0 radical (unpaired) electrons. The smallest absolute Gasteiger partial charge is 0.370 e. The van der Waals surface area contributed by atoms with Gasteiger partial charge in [-0.25, -0.2) is 0 Å². The van der Waals surface area contributed by atoms with Crippen molar-refractivity contribution in [2.75, 3.05) is 41.0 Å². The van der Waals surface area contributed by atoms with E-state index in [4.69, 9.17) is 19.3 Å². The molecule has 0 saturated carbocycles. The maximum absolute atomic E-state index is 6.10. The molecule has 1 heterocycles. The largest absolute Gasteiger partial charge is 0.396 e. The van der Waals surface area contributed by atoms with Crippen LogP contribution in [0, 0.1) is 0 Å². The van der Waals surface area contributed by atoms with Crippen LogP contribution in [-0.2, 0) is 13.6 Å². The van der Waals surface area contributed by atoms with Crippen molar-refractivity contribution in [1.29, 1.82) is 0 Å². The summed E-state index contributed by atoms with van der Waals surface area (Å²) in [4.78, 5) is 2.29. The van der Waals surface area contributed by atoms with Crippen LogP contribution >= 0.6 is 0 Å². The Morgan fingerprint density at radius 2 is 1.85 bits per heavy atom. The van der Waals surface area contributed by atoms with E-state index in [1.54, 1.807) is 14.2 Å². The molecule has 1 aromatic rings. The van der Waals surface area contributed by atoms with Crippen LogP contribution in [0.15, 0.2) is 36.5 Å². The molecule has 1 saturated heterocycles. The quantitative estimate of drug-likeness (QED) is 0.584. The summed E-state index contributed by atoms with van der Waals surface area (Å²) in [6.07, 6.45) is 9.64. The minimum Gasteiger partial charge on any atom is -0.396 e. The van der Waals surface area contributed by atoms with E-state index in [0.717, 1.165) is 44.8 Å². The molecule has 1 aliphatic heterocycles. The Balaban J connectivity index is 2.00. The average Bonchev–Trinajstić information content (AvgIpc) is 2.73. The summed E-state index contributed by atoms with van der Waals surface area (Å²) in [6.45, 7) is 2.44. The minimum atomic E-state index is -2.36. The maximum Gasteiger partial charge on any atom is 0.370 e. The van der Waals surface area contributed by atoms with E-state index < -0.39 is 8.56 Å². The summed E-state index contributed by atoms with van der Waals surface area (Å²) < 4.78 is 18.1. The van der Waals surface area contributed by atoms with E-state index in [2.05, 4.69) is 41.4 Å². The van der Waals surface area contributed by atoms with Crippen LogP contribution in [0.4, 0.5) is 0 Å². The summed E-state index contributed by atoms with van der Waals surface area (Å²) >= 11 is 0. The second-order valence-electron chi connectivity index (χ2n) is 7.22. The molecule has 1 aliphatic rings. The van der Waals surface area contributed by atoms with E-state index in [-0.39, 0.29) is 5.22 Å². The summed E-state index contributed by atoms with van der Waals surface area (Å²) in [5.74, 6) is 0. The van der Waals surface area contributed by atoms with Gasteiger partial charge in [0, 0.05) is 41.0 Å². The molecule has 152 valence electrons. The van der Waals surface area contributed by atoms with Crippen molar-refractivity contribution in [2.45, 2.75) is 43.4 Å². The van der Waals surface area contributed by atoms with Crippen LogP contribution < -0.4 is 5.73 Å². The normalized spacial score (nSPS) is 22.2. The van der Waals surface area contributed by atoms with Crippen molar-refractivity contribution in [3.63, 3.8) is 0 Å². The fourth-order valence-corrected chi connectivity index (χ4v) is 8.19. The van der Waals surface area contributed by atoms with Crippen molar-refractivity contribution in [3.05, 3.63) is 42.1 Å². The SMILES string of the molecule is COC1(CCCN(C=Cc2ccccc2)CCN)CCCC[Si]1(OC)OC. The summed E-state index contributed by atoms with van der Waals surface area (Å²) in [5.41, 5.74) is 7.02. The van der Waals surface area contributed by atoms with E-state index >= 15 is 0 Å². The summed E-state index contributed by atoms with van der Waals surface area (Å²) in [6, 6.07) is 11.4. The van der Waals surface area contributed by atoms with Gasteiger partial charge in [0.25, 0.3) is 0 Å². The van der Waals surface area contributed by atoms with Gasteiger partial charge >= 0.3 is 8.56 Å². The highest BCUT2D eigenvalue weighted by molar-refractivity contribution is 6.70. The molecule has 2 rings (SSSR count). The molecule has 1 fully saturated rings. The Labute approximate surface area is 165 Å². The standard InChI is InChI=1S/C21H36N2O3Si/c1-24-21(13-7-8-19-27(21,25-2)26-3)14-9-16-23(18-15-22)17-12-20-10-5-4-6-11-20/h4-6,10-12,17H,7-9,13-16,18-19,22H2,1-3H3. The third-order valence-electron chi connectivity index (χ3n) is 5.80. The van der Waals surface area contributed by atoms with Gasteiger partial charge in [-0.05, 0) is 43.1 Å². The molecule has 0 spiro atoms. The van der Waals surface area contributed by atoms with Crippen molar-refractivity contribution in [3.8, 4) is 0 Å². The van der Waals surface area contributed by atoms with Gasteiger partial charge in [0.05, 0.1) is 0 Å². The molecular formula is C21H36N2O3Si. The number of rotatable bonds is 11. The van der Waals surface area contributed by atoms with Crippen molar-refractivity contribution in [2.24, 2.45) is 5.73 Å². The number of ether oxygens (including phenoxy) is 1. The highest BCUT2D eigenvalue weighted by Gasteiger charge is 2.58. The highest BCUT2D eigenvalue weighted by Crippen LogP contribution is 2.42. The van der Waals surface area contributed by atoms with E-state index in [9.17, 15) is 0 Å². The molecule has 5 nitrogen and oxygen atoms in total. The molecule has 27 heavy (non-hydrogen) atoms. The van der Waals surface area contributed by atoms with Gasteiger partial charge in [0.2, 0.25) is 0 Å². The van der Waals surface area contributed by atoms with Crippen molar-refractivity contribution >= 4 is 14.6 Å². The third-order valence-corrected chi connectivity index (χ3v) is 10.2. The molecule has 2 N–H and O–H groups in total. The Morgan fingerprint density at radius 3 is 2.48 bits per heavy atom. The van der Waals surface area contributed by atoms with Crippen LogP contribution in [0.3, 0.4) is 0 Å². The molecular weight excluding hydrogens is 356 g/mol. The zero-order valence-corrected chi connectivity index (χ0v) is 18.2. The van der Waals surface area contributed by atoms with Crippen LogP contribution in [0.5, 0.6) is 0 Å². The number of nitrogens with two attached hydrogens (primary N) is 1. The first-order valence-corrected chi connectivity index (χ1v) is 12.0. The van der Waals surface area contributed by atoms with E-state index in [1.165, 1.54) is 12.0 Å². The lowest BCUT2D eigenvalue weighted by Crippen LogP contribution is -2.64. The first kappa shape index (κ1) is 22.1. The molecule has 0 aromatic heterocycles. The predicted molar refractivity (Wildman–Crippen MR) is 114 cm³/mol. The van der Waals surface area contributed by atoms with Crippen LogP contribution in [0.2, 0.25) is 6.04 Å². The first-order chi connectivity index (χ1) is 13.1. The lowest BCUT2D eigenvalue weighted by atomic mass is 10.1. The fraction of sp³-hybridized carbons (Fsp3) is 0.619. The van der Waals surface area contributed by atoms with Gasteiger partial charge in [-0.15, -0.1) is 0 Å². The molecule has 0 aliphatic carbocycles. The lowest BCUT2D eigenvalue weighted by molar-refractivity contribution is -0.0165. The Morgan fingerprint density at radius 1 is 1.11 bits per heavy atom. The maximum atomic E-state index is 6.10. The molecule has 1 atom stereocenters. The zero-order chi connectivity index (χ0) is 19.6. The molecule has 1 unspecified atom stereocenters. The lowest BCUT2D eigenvalue weighted by Gasteiger charge is -2.48. The monoisotopic (exact) mass is 392 g/mol. The number of hydrogen-bond donors (Lipinski definition) is 1. The van der Waals surface area contributed by atoms with Gasteiger partial charge in [-0.2, -0.15) is 0 Å². The summed E-state index contributed by atoms with van der Waals surface area (Å²) in [7, 11) is 3.04. The highest BCUT2D eigenvalue weighted by atomic mass is 28.4. The van der Waals surface area contributed by atoms with Crippen LogP contribution in [0.1, 0.15) is 37.7 Å². The number of hydrogen-bond acceptors (Lipinski definition) is 5. The Bertz CT molecular complexity index is 566. The number of methoxy groups -OCH3 is 1. The van der Waals surface area contributed by atoms with Crippen molar-refractivity contribution in [1.82, 2.24) is 4.90 Å². The number of nitrogens with zero attached hydrogens (tertiary/aromatic N) is 1. The zero-order valence-electron chi connectivity index (χ0n) is 17.2. The van der Waals surface area contributed by atoms with Gasteiger partial charge in [-0.1, -0.05) is 43.2 Å². The second kappa shape index (κ2) is 11.0. The second-order valence-corrected chi connectivity index (χ2v) is 11.0. The van der Waals surface area contributed by atoms with Crippen LogP contribution in [0.25, 0.3) is 6.08 Å². The molecule has 0 bridgehead atoms. The predicted octanol–water partition coefficient (Wildman–Crippen LogP) is 3.54. The topological polar surface area (TPSA) is 57.0 Å². The molecule has 0 amide bonds. The van der Waals surface area contributed by atoms with E-state index in [0.29, 0.717) is 6.54 Å². The van der Waals surface area contributed by atoms with Gasteiger partial charge in [0.15, 0.2) is 0 Å². The van der Waals surface area contributed by atoms with Crippen LogP contribution in [-0.4, -0.2) is 59.6 Å². The van der Waals surface area contributed by atoms with Gasteiger partial charge in [-0.3, -0.25) is 0 Å². The first-order valence-electron chi connectivity index (χ1n) is 9.98. The Kier molecular flexibility index (Phi) is 8.99. The minimum absolute atomic E-state index is 0.258. The fourth-order valence-electron chi connectivity index (χ4n) is 4.27. The van der Waals surface area contributed by atoms with Crippen molar-refractivity contribution < 1.29 is 13.6 Å². The van der Waals surface area contributed by atoms with Gasteiger partial charge in [0.1, 0.15) is 5.22 Å². The number of benzene rings is 1.